The Bertz CT molecular complexity index is 1190. The van der Waals surface area contributed by atoms with Gasteiger partial charge in [0.05, 0.1) is 5.39 Å². The first-order valence-corrected chi connectivity index (χ1v) is 8.61. The molecule has 3 heteroatoms. The molecule has 0 aliphatic heterocycles. The molecule has 0 amide bonds. The fourth-order valence-electron chi connectivity index (χ4n) is 2.89. The highest BCUT2D eigenvalue weighted by atomic mass is 16.3. The SMILES string of the molecule is O=C(/C=C\c1ccccc1)c1ccc2oc(-c3ccccc3)cc(=O)c2c1. The molecule has 3 nitrogen and oxygen atoms in total. The zero-order valence-electron chi connectivity index (χ0n) is 14.5. The van der Waals surface area contributed by atoms with Crippen molar-refractivity contribution in [3.8, 4) is 11.3 Å². The van der Waals surface area contributed by atoms with E-state index in [0.29, 0.717) is 22.3 Å². The summed E-state index contributed by atoms with van der Waals surface area (Å²) in [6.07, 6.45) is 3.27. The molecule has 0 aliphatic rings. The largest absolute Gasteiger partial charge is 0.456 e. The number of hydrogen-bond acceptors (Lipinski definition) is 3. The standard InChI is InChI=1S/C24H16O3/c25-21(13-11-17-7-3-1-4-8-17)19-12-14-23-20(15-19)22(26)16-24(27-23)18-9-5-2-6-10-18/h1-16H/b13-11-. The summed E-state index contributed by atoms with van der Waals surface area (Å²) in [5.41, 5.74) is 2.53. The van der Waals surface area contributed by atoms with Crippen LogP contribution in [0.1, 0.15) is 15.9 Å². The van der Waals surface area contributed by atoms with Gasteiger partial charge in [0, 0.05) is 17.2 Å². The minimum Gasteiger partial charge on any atom is -0.456 e. The third-order valence-electron chi connectivity index (χ3n) is 4.30. The summed E-state index contributed by atoms with van der Waals surface area (Å²) in [5.74, 6) is 0.350. The summed E-state index contributed by atoms with van der Waals surface area (Å²) >= 11 is 0. The van der Waals surface area contributed by atoms with E-state index in [1.165, 1.54) is 12.1 Å². The van der Waals surface area contributed by atoms with Crippen molar-refractivity contribution in [3.05, 3.63) is 112 Å². The zero-order chi connectivity index (χ0) is 18.6. The lowest BCUT2D eigenvalue weighted by Crippen LogP contribution is -2.03. The summed E-state index contributed by atoms with van der Waals surface area (Å²) in [5, 5.41) is 0.397. The molecule has 0 unspecified atom stereocenters. The molecule has 0 N–H and O–H groups in total. The lowest BCUT2D eigenvalue weighted by Gasteiger charge is -2.04. The summed E-state index contributed by atoms with van der Waals surface area (Å²) in [4.78, 5) is 25.0. The first-order valence-electron chi connectivity index (χ1n) is 8.61. The molecule has 27 heavy (non-hydrogen) atoms. The molecule has 0 radical (unpaired) electrons. The third-order valence-corrected chi connectivity index (χ3v) is 4.30. The van der Waals surface area contributed by atoms with E-state index in [-0.39, 0.29) is 11.2 Å². The van der Waals surface area contributed by atoms with E-state index in [2.05, 4.69) is 0 Å². The maximum absolute atomic E-state index is 12.5. The molecule has 130 valence electrons. The van der Waals surface area contributed by atoms with Gasteiger partial charge in [0.25, 0.3) is 0 Å². The van der Waals surface area contributed by atoms with Crippen LogP contribution in [0.15, 0.2) is 100 Å². The number of carbonyl (C=O) groups is 1. The second-order valence-electron chi connectivity index (χ2n) is 6.16. The topological polar surface area (TPSA) is 47.3 Å². The molecule has 0 fully saturated rings. The van der Waals surface area contributed by atoms with Crippen molar-refractivity contribution in [3.63, 3.8) is 0 Å². The maximum atomic E-state index is 12.5. The highest BCUT2D eigenvalue weighted by Crippen LogP contribution is 2.22. The molecule has 0 aliphatic carbocycles. The number of ketones is 1. The van der Waals surface area contributed by atoms with Gasteiger partial charge in [-0.15, -0.1) is 0 Å². The van der Waals surface area contributed by atoms with E-state index < -0.39 is 0 Å². The quantitative estimate of drug-likeness (QED) is 0.367. The van der Waals surface area contributed by atoms with Gasteiger partial charge in [0.1, 0.15) is 11.3 Å². The molecule has 4 rings (SSSR count). The number of rotatable bonds is 4. The lowest BCUT2D eigenvalue weighted by atomic mass is 10.1. The summed E-state index contributed by atoms with van der Waals surface area (Å²) < 4.78 is 5.86. The molecular formula is C24H16O3. The Balaban J connectivity index is 1.68. The van der Waals surface area contributed by atoms with E-state index in [4.69, 9.17) is 4.42 Å². The van der Waals surface area contributed by atoms with Crippen LogP contribution in [0.3, 0.4) is 0 Å². The molecule has 0 atom stereocenters. The first-order chi connectivity index (χ1) is 13.2. The Morgan fingerprint density at radius 2 is 1.52 bits per heavy atom. The third kappa shape index (κ3) is 3.62. The number of benzene rings is 3. The second kappa shape index (κ2) is 7.26. The Hall–Kier alpha value is -3.72. The van der Waals surface area contributed by atoms with E-state index >= 15 is 0 Å². The predicted molar refractivity (Wildman–Crippen MR) is 108 cm³/mol. The van der Waals surface area contributed by atoms with Crippen molar-refractivity contribution >= 4 is 22.8 Å². The van der Waals surface area contributed by atoms with Crippen LogP contribution in [0, 0.1) is 0 Å². The fraction of sp³-hybridized carbons (Fsp3) is 0. The van der Waals surface area contributed by atoms with Gasteiger partial charge in [0.2, 0.25) is 0 Å². The summed E-state index contributed by atoms with van der Waals surface area (Å²) in [6.45, 7) is 0. The van der Waals surface area contributed by atoms with Gasteiger partial charge in [-0.3, -0.25) is 9.59 Å². The lowest BCUT2D eigenvalue weighted by molar-refractivity contribution is 0.104. The molecule has 0 saturated heterocycles. The first kappa shape index (κ1) is 16.7. The van der Waals surface area contributed by atoms with Gasteiger partial charge in [-0.05, 0) is 29.8 Å². The molecule has 4 aromatic rings. The monoisotopic (exact) mass is 352 g/mol. The Morgan fingerprint density at radius 1 is 0.815 bits per heavy atom. The van der Waals surface area contributed by atoms with Crippen LogP contribution in [0.25, 0.3) is 28.4 Å². The normalized spacial score (nSPS) is 11.1. The highest BCUT2D eigenvalue weighted by molar-refractivity contribution is 6.08. The Kier molecular flexibility index (Phi) is 4.50. The van der Waals surface area contributed by atoms with Gasteiger partial charge < -0.3 is 4.42 Å². The van der Waals surface area contributed by atoms with Crippen LogP contribution < -0.4 is 5.43 Å². The minimum absolute atomic E-state index is 0.160. The van der Waals surface area contributed by atoms with Gasteiger partial charge in [0.15, 0.2) is 11.2 Å². The van der Waals surface area contributed by atoms with Gasteiger partial charge in [-0.1, -0.05) is 66.7 Å². The smallest absolute Gasteiger partial charge is 0.193 e. The number of fused-ring (bicyclic) bond motifs is 1. The molecular weight excluding hydrogens is 336 g/mol. The van der Waals surface area contributed by atoms with Crippen molar-refractivity contribution < 1.29 is 9.21 Å². The van der Waals surface area contributed by atoms with Crippen LogP contribution in [-0.2, 0) is 0 Å². The second-order valence-corrected chi connectivity index (χ2v) is 6.16. The van der Waals surface area contributed by atoms with Crippen molar-refractivity contribution in [2.24, 2.45) is 0 Å². The van der Waals surface area contributed by atoms with Crippen LogP contribution in [0.4, 0.5) is 0 Å². The highest BCUT2D eigenvalue weighted by Gasteiger charge is 2.10. The van der Waals surface area contributed by atoms with Gasteiger partial charge >= 0.3 is 0 Å². The Labute approximate surface area is 156 Å². The molecule has 0 bridgehead atoms. The average molecular weight is 352 g/mol. The van der Waals surface area contributed by atoms with E-state index in [1.54, 1.807) is 24.3 Å². The molecule has 0 spiro atoms. The Morgan fingerprint density at radius 3 is 2.26 bits per heavy atom. The fourth-order valence-corrected chi connectivity index (χ4v) is 2.89. The minimum atomic E-state index is -0.170. The van der Waals surface area contributed by atoms with Crippen LogP contribution in [0.5, 0.6) is 0 Å². The van der Waals surface area contributed by atoms with Crippen LogP contribution >= 0.6 is 0 Å². The number of hydrogen-bond donors (Lipinski definition) is 0. The predicted octanol–water partition coefficient (Wildman–Crippen LogP) is 5.36. The summed E-state index contributed by atoms with van der Waals surface area (Å²) in [7, 11) is 0. The van der Waals surface area contributed by atoms with Gasteiger partial charge in [-0.2, -0.15) is 0 Å². The van der Waals surface area contributed by atoms with Crippen LogP contribution in [-0.4, -0.2) is 5.78 Å². The number of allylic oxidation sites excluding steroid dienone is 1. The zero-order valence-corrected chi connectivity index (χ0v) is 14.5. The summed E-state index contributed by atoms with van der Waals surface area (Å²) in [6, 6.07) is 25.4. The molecule has 1 aromatic heterocycles. The maximum Gasteiger partial charge on any atom is 0.193 e. The average Bonchev–Trinajstić information content (AvgIpc) is 2.73. The van der Waals surface area contributed by atoms with E-state index in [9.17, 15) is 9.59 Å². The van der Waals surface area contributed by atoms with Gasteiger partial charge in [-0.25, -0.2) is 0 Å². The van der Waals surface area contributed by atoms with Crippen molar-refractivity contribution in [1.29, 1.82) is 0 Å². The van der Waals surface area contributed by atoms with Crippen molar-refractivity contribution in [1.82, 2.24) is 0 Å². The molecule has 3 aromatic carbocycles. The molecule has 1 heterocycles. The van der Waals surface area contributed by atoms with Crippen LogP contribution in [0.2, 0.25) is 0 Å². The van der Waals surface area contributed by atoms with E-state index in [0.717, 1.165) is 11.1 Å². The number of carbonyl (C=O) groups excluding carboxylic acids is 1. The van der Waals surface area contributed by atoms with Crippen molar-refractivity contribution in [2.75, 3.05) is 0 Å². The van der Waals surface area contributed by atoms with Crippen molar-refractivity contribution in [2.45, 2.75) is 0 Å². The molecule has 0 saturated carbocycles. The van der Waals surface area contributed by atoms with E-state index in [1.807, 2.05) is 60.7 Å².